The van der Waals surface area contributed by atoms with E-state index in [1.54, 1.807) is 6.20 Å². The molecule has 166 valence electrons. The maximum absolute atomic E-state index is 14.3. The molecule has 1 aliphatic carbocycles. The molecule has 3 fully saturated rings. The molecule has 2 saturated heterocycles. The highest BCUT2D eigenvalue weighted by molar-refractivity contribution is 5.92. The molecule has 1 aromatic carbocycles. The molecule has 5 rings (SSSR count). The molecule has 31 heavy (non-hydrogen) atoms. The minimum atomic E-state index is -0.288. The number of carbonyl (C=O) groups excluding carboxylic acids is 1. The van der Waals surface area contributed by atoms with Crippen LogP contribution in [0.4, 0.5) is 10.1 Å². The number of pyridine rings is 1. The summed E-state index contributed by atoms with van der Waals surface area (Å²) in [6.45, 7) is 5.21. The second-order valence-corrected chi connectivity index (χ2v) is 9.25. The smallest absolute Gasteiger partial charge is 0.236 e. The number of morpholine rings is 1. The first-order valence-electron chi connectivity index (χ1n) is 11.4. The maximum Gasteiger partial charge on any atom is 0.236 e. The molecule has 1 amide bonds. The number of piperidine rings is 1. The van der Waals surface area contributed by atoms with Crippen LogP contribution >= 0.6 is 0 Å². The van der Waals surface area contributed by atoms with Gasteiger partial charge < -0.3 is 14.5 Å². The normalized spacial score (nSPS) is 25.0. The molecule has 0 radical (unpaired) electrons. The summed E-state index contributed by atoms with van der Waals surface area (Å²) in [6.07, 6.45) is 5.24. The molecule has 1 saturated carbocycles. The van der Waals surface area contributed by atoms with Gasteiger partial charge in [-0.2, -0.15) is 0 Å². The number of hydrogen-bond donors (Lipinski definition) is 0. The standard InChI is InChI=1S/C24H31FN4O2/c1-27(23(30)16-28-9-11-31-12-10-28)19-13-18(17-4-5-17)14-29(15-19)22-7-6-21(25)24-20(22)3-2-8-26-24/h2-3,6-8,17-19H,4-5,9-16H2,1H3/t18-,19+/m1/s1. The zero-order chi connectivity index (χ0) is 21.4. The van der Waals surface area contributed by atoms with Crippen LogP contribution in [0.1, 0.15) is 19.3 Å². The highest BCUT2D eigenvalue weighted by Gasteiger charge is 2.40. The van der Waals surface area contributed by atoms with Crippen LogP contribution in [0.2, 0.25) is 0 Å². The lowest BCUT2D eigenvalue weighted by atomic mass is 9.88. The van der Waals surface area contributed by atoms with E-state index in [9.17, 15) is 9.18 Å². The van der Waals surface area contributed by atoms with E-state index in [1.165, 1.54) is 18.9 Å². The fourth-order valence-electron chi connectivity index (χ4n) is 5.16. The van der Waals surface area contributed by atoms with Gasteiger partial charge in [0.1, 0.15) is 11.3 Å². The monoisotopic (exact) mass is 426 g/mol. The number of anilines is 1. The van der Waals surface area contributed by atoms with E-state index in [1.807, 2.05) is 30.1 Å². The third kappa shape index (κ3) is 4.39. The Morgan fingerprint density at radius 3 is 2.77 bits per heavy atom. The fraction of sp³-hybridized carbons (Fsp3) is 0.583. The van der Waals surface area contributed by atoms with Crippen LogP contribution < -0.4 is 4.90 Å². The molecule has 0 unspecified atom stereocenters. The third-order valence-electron chi connectivity index (χ3n) is 7.19. The van der Waals surface area contributed by atoms with E-state index in [0.29, 0.717) is 31.2 Å². The second kappa shape index (κ2) is 8.71. The van der Waals surface area contributed by atoms with Gasteiger partial charge in [0, 0.05) is 56.5 Å². The minimum Gasteiger partial charge on any atom is -0.379 e. The number of ether oxygens (including phenoxy) is 1. The lowest BCUT2D eigenvalue weighted by Gasteiger charge is -2.43. The summed E-state index contributed by atoms with van der Waals surface area (Å²) < 4.78 is 19.7. The first-order valence-corrected chi connectivity index (χ1v) is 11.4. The van der Waals surface area contributed by atoms with Gasteiger partial charge in [0.05, 0.1) is 19.8 Å². The number of halogens is 1. The molecule has 7 heteroatoms. The van der Waals surface area contributed by atoms with Crippen molar-refractivity contribution in [1.82, 2.24) is 14.8 Å². The van der Waals surface area contributed by atoms with Crippen molar-refractivity contribution >= 4 is 22.5 Å². The fourth-order valence-corrected chi connectivity index (χ4v) is 5.16. The SMILES string of the molecule is CN(C(=O)CN1CCOCC1)[C@H]1C[C@@H](C2CC2)CN(c2ccc(F)c3ncccc23)C1. The van der Waals surface area contributed by atoms with Crippen molar-refractivity contribution in [3.63, 3.8) is 0 Å². The second-order valence-electron chi connectivity index (χ2n) is 9.25. The largest absolute Gasteiger partial charge is 0.379 e. The lowest BCUT2D eigenvalue weighted by Crippen LogP contribution is -2.54. The summed E-state index contributed by atoms with van der Waals surface area (Å²) in [4.78, 5) is 23.8. The van der Waals surface area contributed by atoms with Gasteiger partial charge >= 0.3 is 0 Å². The molecule has 0 spiro atoms. The van der Waals surface area contributed by atoms with Crippen molar-refractivity contribution in [2.45, 2.75) is 25.3 Å². The average Bonchev–Trinajstić information content (AvgIpc) is 3.65. The summed E-state index contributed by atoms with van der Waals surface area (Å²) >= 11 is 0. The van der Waals surface area contributed by atoms with Crippen molar-refractivity contribution in [1.29, 1.82) is 0 Å². The van der Waals surface area contributed by atoms with E-state index in [4.69, 9.17) is 4.74 Å². The number of rotatable bonds is 5. The Labute approximate surface area is 183 Å². The summed E-state index contributed by atoms with van der Waals surface area (Å²) in [5, 5.41) is 0.847. The third-order valence-corrected chi connectivity index (χ3v) is 7.19. The molecule has 3 aliphatic rings. The summed E-state index contributed by atoms with van der Waals surface area (Å²) in [5.74, 6) is 1.20. The van der Waals surface area contributed by atoms with Gasteiger partial charge in [-0.25, -0.2) is 4.39 Å². The van der Waals surface area contributed by atoms with Crippen LogP contribution in [0.25, 0.3) is 10.9 Å². The van der Waals surface area contributed by atoms with Gasteiger partial charge in [0.2, 0.25) is 5.91 Å². The Hall–Kier alpha value is -2.25. The summed E-state index contributed by atoms with van der Waals surface area (Å²) in [7, 11) is 1.95. The van der Waals surface area contributed by atoms with Crippen LogP contribution in [-0.4, -0.2) is 79.7 Å². The number of hydrogen-bond acceptors (Lipinski definition) is 5. The number of aromatic nitrogens is 1. The quantitative estimate of drug-likeness (QED) is 0.736. The Kier molecular flexibility index (Phi) is 5.80. The first kappa shape index (κ1) is 20.6. The number of amides is 1. The Balaban J connectivity index is 1.37. The summed E-state index contributed by atoms with van der Waals surface area (Å²) in [5.41, 5.74) is 1.44. The predicted octanol–water partition coefficient (Wildman–Crippen LogP) is 2.77. The highest BCUT2D eigenvalue weighted by Crippen LogP contribution is 2.43. The Bertz CT molecular complexity index is 944. The predicted molar refractivity (Wildman–Crippen MR) is 119 cm³/mol. The van der Waals surface area contributed by atoms with Crippen molar-refractivity contribution < 1.29 is 13.9 Å². The van der Waals surface area contributed by atoms with E-state index in [2.05, 4.69) is 14.8 Å². The molecule has 2 atom stereocenters. The van der Waals surface area contributed by atoms with Gasteiger partial charge in [-0.15, -0.1) is 0 Å². The Morgan fingerprint density at radius 2 is 2.00 bits per heavy atom. The minimum absolute atomic E-state index is 0.157. The Morgan fingerprint density at radius 1 is 1.19 bits per heavy atom. The van der Waals surface area contributed by atoms with E-state index < -0.39 is 0 Å². The van der Waals surface area contributed by atoms with Crippen molar-refractivity contribution in [2.24, 2.45) is 11.8 Å². The van der Waals surface area contributed by atoms with Gasteiger partial charge in [-0.3, -0.25) is 14.7 Å². The molecule has 2 aromatic rings. The van der Waals surface area contributed by atoms with Crippen molar-refractivity contribution in [3.8, 4) is 0 Å². The maximum atomic E-state index is 14.3. The van der Waals surface area contributed by atoms with Gasteiger partial charge in [-0.1, -0.05) is 0 Å². The zero-order valence-corrected chi connectivity index (χ0v) is 18.2. The van der Waals surface area contributed by atoms with Crippen LogP contribution in [-0.2, 0) is 9.53 Å². The number of benzene rings is 1. The zero-order valence-electron chi connectivity index (χ0n) is 18.2. The summed E-state index contributed by atoms with van der Waals surface area (Å²) in [6, 6.07) is 7.37. The number of fused-ring (bicyclic) bond motifs is 1. The molecule has 0 bridgehead atoms. The van der Waals surface area contributed by atoms with E-state index in [-0.39, 0.29) is 17.8 Å². The van der Waals surface area contributed by atoms with E-state index in [0.717, 1.165) is 49.6 Å². The molecule has 2 aliphatic heterocycles. The van der Waals surface area contributed by atoms with Gasteiger partial charge in [0.25, 0.3) is 0 Å². The number of carbonyl (C=O) groups is 1. The topological polar surface area (TPSA) is 48.9 Å². The van der Waals surface area contributed by atoms with Crippen LogP contribution in [0.5, 0.6) is 0 Å². The number of nitrogens with zero attached hydrogens (tertiary/aromatic N) is 4. The molecular weight excluding hydrogens is 395 g/mol. The number of likely N-dealkylation sites (N-methyl/N-ethyl adjacent to an activating group) is 1. The highest BCUT2D eigenvalue weighted by atomic mass is 19.1. The molecule has 3 heterocycles. The van der Waals surface area contributed by atoms with Crippen LogP contribution in [0, 0.1) is 17.7 Å². The van der Waals surface area contributed by atoms with Gasteiger partial charge in [0.15, 0.2) is 0 Å². The molecule has 6 nitrogen and oxygen atoms in total. The first-order chi connectivity index (χ1) is 15.1. The molecule has 1 aromatic heterocycles. The lowest BCUT2D eigenvalue weighted by molar-refractivity contribution is -0.134. The van der Waals surface area contributed by atoms with Gasteiger partial charge in [-0.05, 0) is 55.4 Å². The molecule has 0 N–H and O–H groups in total. The van der Waals surface area contributed by atoms with Crippen molar-refractivity contribution in [3.05, 3.63) is 36.3 Å². The van der Waals surface area contributed by atoms with Crippen LogP contribution in [0.3, 0.4) is 0 Å². The average molecular weight is 427 g/mol. The van der Waals surface area contributed by atoms with Crippen molar-refractivity contribution in [2.75, 3.05) is 57.9 Å². The van der Waals surface area contributed by atoms with E-state index >= 15 is 0 Å². The van der Waals surface area contributed by atoms with Crippen LogP contribution in [0.15, 0.2) is 30.5 Å². The molecular formula is C24H31FN4O2.